The van der Waals surface area contributed by atoms with E-state index in [-0.39, 0.29) is 22.7 Å². The number of carbonyl (C=O) groups is 2. The Kier molecular flexibility index (Phi) is 6.55. The number of methoxy groups -OCH3 is 2. The van der Waals surface area contributed by atoms with Gasteiger partial charge in [0.2, 0.25) is 0 Å². The Bertz CT molecular complexity index is 1210. The third kappa shape index (κ3) is 3.86. The van der Waals surface area contributed by atoms with Crippen molar-refractivity contribution >= 4 is 23.3 Å². The number of hydrogen-bond donors (Lipinski definition) is 1. The topological polar surface area (TPSA) is 109 Å². The number of para-hydroxylation sites is 2. The molecule has 2 aromatic carbocycles. The minimum Gasteiger partial charge on any atom is -0.466 e. The SMILES string of the molecule is COC(=O)C1=C(C(=O)OC)N(c2ccccc2N2CCCC2)C(N)=C(C#N)C1c1ccccc1. The van der Waals surface area contributed by atoms with Crippen LogP contribution in [0.2, 0.25) is 0 Å². The number of esters is 2. The lowest BCUT2D eigenvalue weighted by molar-refractivity contribution is -0.139. The van der Waals surface area contributed by atoms with E-state index in [0.717, 1.165) is 31.6 Å². The molecule has 1 unspecified atom stereocenters. The van der Waals surface area contributed by atoms with Gasteiger partial charge in [0.05, 0.1) is 48.7 Å². The number of anilines is 2. The van der Waals surface area contributed by atoms with E-state index in [1.54, 1.807) is 24.3 Å². The molecule has 174 valence electrons. The molecule has 34 heavy (non-hydrogen) atoms. The van der Waals surface area contributed by atoms with Gasteiger partial charge in [-0.1, -0.05) is 42.5 Å². The van der Waals surface area contributed by atoms with Crippen molar-refractivity contribution in [2.24, 2.45) is 5.73 Å². The highest BCUT2D eigenvalue weighted by Gasteiger charge is 2.43. The number of ether oxygens (including phenoxy) is 2. The third-order valence-electron chi connectivity index (χ3n) is 6.18. The maximum atomic E-state index is 13.2. The molecule has 0 spiro atoms. The molecule has 0 amide bonds. The Morgan fingerprint density at radius 3 is 2.12 bits per heavy atom. The van der Waals surface area contributed by atoms with Crippen molar-refractivity contribution in [3.63, 3.8) is 0 Å². The molecule has 0 saturated carbocycles. The standard InChI is InChI=1S/C26H26N4O4/c1-33-25(31)22-21(17-10-4-3-5-11-17)18(16-27)24(28)30(23(22)26(32)34-2)20-13-7-6-12-19(20)29-14-8-9-15-29/h3-7,10-13,21H,8-9,14-15,28H2,1-2H3. The van der Waals surface area contributed by atoms with Crippen LogP contribution in [0.3, 0.4) is 0 Å². The Balaban J connectivity index is 2.04. The van der Waals surface area contributed by atoms with Crippen LogP contribution in [0.4, 0.5) is 11.4 Å². The van der Waals surface area contributed by atoms with E-state index in [1.807, 2.05) is 30.3 Å². The summed E-state index contributed by atoms with van der Waals surface area (Å²) in [6.07, 6.45) is 2.10. The van der Waals surface area contributed by atoms with E-state index in [9.17, 15) is 14.9 Å². The van der Waals surface area contributed by atoms with Gasteiger partial charge in [-0.3, -0.25) is 4.90 Å². The van der Waals surface area contributed by atoms with E-state index < -0.39 is 17.9 Å². The highest BCUT2D eigenvalue weighted by atomic mass is 16.5. The lowest BCUT2D eigenvalue weighted by Crippen LogP contribution is -2.41. The molecule has 1 fully saturated rings. The van der Waals surface area contributed by atoms with Gasteiger partial charge in [-0.2, -0.15) is 5.26 Å². The Labute approximate surface area is 198 Å². The van der Waals surface area contributed by atoms with Gasteiger partial charge in [0.15, 0.2) is 0 Å². The van der Waals surface area contributed by atoms with Crippen LogP contribution in [0.5, 0.6) is 0 Å². The predicted octanol–water partition coefficient (Wildman–Crippen LogP) is 3.18. The number of rotatable bonds is 5. The number of nitriles is 1. The first-order valence-corrected chi connectivity index (χ1v) is 11.0. The molecule has 2 heterocycles. The van der Waals surface area contributed by atoms with Gasteiger partial charge in [-0.05, 0) is 30.5 Å². The molecule has 0 radical (unpaired) electrons. The first-order valence-electron chi connectivity index (χ1n) is 11.0. The van der Waals surface area contributed by atoms with Crippen LogP contribution < -0.4 is 15.5 Å². The van der Waals surface area contributed by atoms with Crippen LogP contribution in [0.1, 0.15) is 24.3 Å². The van der Waals surface area contributed by atoms with Crippen LogP contribution in [0.25, 0.3) is 0 Å². The number of benzene rings is 2. The molecule has 2 aliphatic rings. The van der Waals surface area contributed by atoms with Crippen molar-refractivity contribution in [3.05, 3.63) is 82.8 Å². The molecule has 4 rings (SSSR count). The lowest BCUT2D eigenvalue weighted by atomic mass is 9.81. The summed E-state index contributed by atoms with van der Waals surface area (Å²) in [6, 6.07) is 18.6. The summed E-state index contributed by atoms with van der Waals surface area (Å²) in [5.41, 5.74) is 8.78. The van der Waals surface area contributed by atoms with Crippen molar-refractivity contribution in [3.8, 4) is 6.07 Å². The average Bonchev–Trinajstić information content (AvgIpc) is 3.42. The second kappa shape index (κ2) is 9.71. The van der Waals surface area contributed by atoms with Crippen molar-refractivity contribution in [1.29, 1.82) is 5.26 Å². The Morgan fingerprint density at radius 1 is 0.941 bits per heavy atom. The molecule has 2 aromatic rings. The Hall–Kier alpha value is -4.25. The largest absolute Gasteiger partial charge is 0.466 e. The zero-order chi connectivity index (χ0) is 24.2. The molecule has 1 atom stereocenters. The van der Waals surface area contributed by atoms with Crippen LogP contribution >= 0.6 is 0 Å². The van der Waals surface area contributed by atoms with Crippen molar-refractivity contribution in [2.75, 3.05) is 37.1 Å². The van der Waals surface area contributed by atoms with E-state index in [1.165, 1.54) is 19.1 Å². The number of nitrogens with zero attached hydrogens (tertiary/aromatic N) is 3. The van der Waals surface area contributed by atoms with Gasteiger partial charge in [-0.25, -0.2) is 9.59 Å². The summed E-state index contributed by atoms with van der Waals surface area (Å²) in [7, 11) is 2.48. The van der Waals surface area contributed by atoms with E-state index >= 15 is 0 Å². The second-order valence-electron chi connectivity index (χ2n) is 8.02. The third-order valence-corrected chi connectivity index (χ3v) is 6.18. The first kappa shape index (κ1) is 22.9. The zero-order valence-corrected chi connectivity index (χ0v) is 19.2. The van der Waals surface area contributed by atoms with Crippen LogP contribution in [0.15, 0.2) is 77.3 Å². The summed E-state index contributed by atoms with van der Waals surface area (Å²) in [6.45, 7) is 1.71. The van der Waals surface area contributed by atoms with Crippen molar-refractivity contribution in [1.82, 2.24) is 0 Å². The summed E-state index contributed by atoms with van der Waals surface area (Å²) in [5, 5.41) is 10.2. The zero-order valence-electron chi connectivity index (χ0n) is 19.2. The molecule has 0 aliphatic carbocycles. The summed E-state index contributed by atoms with van der Waals surface area (Å²) in [4.78, 5) is 30.1. The van der Waals surface area contributed by atoms with E-state index in [2.05, 4.69) is 11.0 Å². The van der Waals surface area contributed by atoms with E-state index in [0.29, 0.717) is 11.3 Å². The molecular weight excluding hydrogens is 432 g/mol. The second-order valence-corrected chi connectivity index (χ2v) is 8.02. The number of nitrogens with two attached hydrogens (primary N) is 1. The van der Waals surface area contributed by atoms with Crippen LogP contribution in [0, 0.1) is 11.3 Å². The van der Waals surface area contributed by atoms with Crippen molar-refractivity contribution in [2.45, 2.75) is 18.8 Å². The fourth-order valence-electron chi connectivity index (χ4n) is 4.64. The number of carbonyl (C=O) groups excluding carboxylic acids is 2. The fourth-order valence-corrected chi connectivity index (χ4v) is 4.64. The van der Waals surface area contributed by atoms with Gasteiger partial charge in [-0.15, -0.1) is 0 Å². The molecule has 8 nitrogen and oxygen atoms in total. The average molecular weight is 459 g/mol. The number of hydrogen-bond acceptors (Lipinski definition) is 8. The normalized spacial score (nSPS) is 18.1. The molecule has 1 saturated heterocycles. The van der Waals surface area contributed by atoms with Gasteiger partial charge >= 0.3 is 11.9 Å². The predicted molar refractivity (Wildman–Crippen MR) is 127 cm³/mol. The quantitative estimate of drug-likeness (QED) is 0.681. The van der Waals surface area contributed by atoms with E-state index in [4.69, 9.17) is 15.2 Å². The van der Waals surface area contributed by atoms with Crippen LogP contribution in [-0.4, -0.2) is 39.2 Å². The highest BCUT2D eigenvalue weighted by molar-refractivity contribution is 6.07. The highest BCUT2D eigenvalue weighted by Crippen LogP contribution is 2.45. The number of allylic oxidation sites excluding steroid dienone is 1. The minimum absolute atomic E-state index is 0.00234. The summed E-state index contributed by atoms with van der Waals surface area (Å²) in [5.74, 6) is -2.31. The summed E-state index contributed by atoms with van der Waals surface area (Å²) < 4.78 is 10.2. The van der Waals surface area contributed by atoms with Crippen molar-refractivity contribution < 1.29 is 19.1 Å². The lowest BCUT2D eigenvalue weighted by Gasteiger charge is -2.37. The smallest absolute Gasteiger partial charge is 0.355 e. The minimum atomic E-state index is -0.886. The molecule has 0 aromatic heterocycles. The first-order chi connectivity index (χ1) is 16.5. The fraction of sp³-hybridized carbons (Fsp3) is 0.269. The van der Waals surface area contributed by atoms with Gasteiger partial charge in [0, 0.05) is 13.1 Å². The molecular formula is C26H26N4O4. The van der Waals surface area contributed by atoms with Gasteiger partial charge in [0.1, 0.15) is 11.5 Å². The molecule has 2 N–H and O–H groups in total. The molecule has 2 aliphatic heterocycles. The molecule has 0 bridgehead atoms. The van der Waals surface area contributed by atoms with Gasteiger partial charge in [0.25, 0.3) is 0 Å². The molecule has 8 heteroatoms. The Morgan fingerprint density at radius 2 is 1.53 bits per heavy atom. The summed E-state index contributed by atoms with van der Waals surface area (Å²) >= 11 is 0. The van der Waals surface area contributed by atoms with Crippen LogP contribution in [-0.2, 0) is 19.1 Å². The monoisotopic (exact) mass is 458 g/mol. The van der Waals surface area contributed by atoms with Gasteiger partial charge < -0.3 is 20.1 Å². The maximum Gasteiger partial charge on any atom is 0.355 e. The maximum absolute atomic E-state index is 13.2.